The minimum absolute atomic E-state index is 0.397. The Balaban J connectivity index is 2.60. The van der Waals surface area contributed by atoms with Crippen LogP contribution in [-0.4, -0.2) is 29.4 Å². The quantitative estimate of drug-likeness (QED) is 0.263. The maximum absolute atomic E-state index is 14.6. The molecule has 0 bridgehead atoms. The Kier molecular flexibility index (Phi) is 4.49. The number of aliphatic imine (C=N–C) groups is 1. The minimum atomic E-state index is -2.09. The van der Waals surface area contributed by atoms with Crippen molar-refractivity contribution in [1.82, 2.24) is 0 Å². The molecule has 1 aliphatic heterocycles. The molecular formula is C12H11F3IN3O3. The highest BCUT2D eigenvalue weighted by Gasteiger charge is 2.51. The van der Waals surface area contributed by atoms with E-state index < -0.39 is 50.0 Å². The maximum Gasteiger partial charge on any atom is 0.284 e. The Bertz CT molecular complexity index is 643. The van der Waals surface area contributed by atoms with E-state index in [1.165, 1.54) is 22.6 Å². The van der Waals surface area contributed by atoms with E-state index >= 15 is 0 Å². The summed E-state index contributed by atoms with van der Waals surface area (Å²) in [6.07, 6.45) is -5.41. The SMILES string of the molecule is C[C@H](F)[C@H]1OC(N)=N[C@](I)(c2cc([N+](=O)[O-])ccc2F)[C@H]1F. The number of ether oxygens (including phenoxy) is 1. The van der Waals surface area contributed by atoms with Crippen LogP contribution in [0.4, 0.5) is 18.9 Å². The van der Waals surface area contributed by atoms with Crippen molar-refractivity contribution in [3.8, 4) is 0 Å². The van der Waals surface area contributed by atoms with Gasteiger partial charge in [0.05, 0.1) is 4.92 Å². The summed E-state index contributed by atoms with van der Waals surface area (Å²) in [5.41, 5.74) is 4.58. The van der Waals surface area contributed by atoms with Crippen molar-refractivity contribution in [2.45, 2.75) is 28.9 Å². The van der Waals surface area contributed by atoms with Gasteiger partial charge in [-0.25, -0.2) is 18.2 Å². The average molecular weight is 429 g/mol. The molecule has 10 heteroatoms. The largest absolute Gasteiger partial charge is 0.456 e. The monoisotopic (exact) mass is 429 g/mol. The van der Waals surface area contributed by atoms with Gasteiger partial charge in [0.2, 0.25) is 0 Å². The van der Waals surface area contributed by atoms with Gasteiger partial charge in [0.25, 0.3) is 11.7 Å². The first-order valence-electron chi connectivity index (χ1n) is 6.10. The molecule has 0 spiro atoms. The molecule has 4 atom stereocenters. The number of rotatable bonds is 3. The fraction of sp³-hybridized carbons (Fsp3) is 0.417. The third kappa shape index (κ3) is 2.83. The number of nitrogens with zero attached hydrogens (tertiary/aromatic N) is 2. The molecule has 0 saturated carbocycles. The summed E-state index contributed by atoms with van der Waals surface area (Å²) >= 11 is 1.46. The second-order valence-electron chi connectivity index (χ2n) is 4.71. The number of benzene rings is 1. The van der Waals surface area contributed by atoms with Gasteiger partial charge >= 0.3 is 0 Å². The molecule has 6 nitrogen and oxygen atoms in total. The summed E-state index contributed by atoms with van der Waals surface area (Å²) < 4.78 is 45.1. The summed E-state index contributed by atoms with van der Waals surface area (Å²) in [6, 6.07) is 2.11. The van der Waals surface area contributed by atoms with Gasteiger partial charge in [-0.1, -0.05) is 0 Å². The number of hydrogen-bond donors (Lipinski definition) is 1. The lowest BCUT2D eigenvalue weighted by Crippen LogP contribution is -2.51. The third-order valence-electron chi connectivity index (χ3n) is 3.17. The molecule has 1 heterocycles. The van der Waals surface area contributed by atoms with Crippen molar-refractivity contribution < 1.29 is 22.8 Å². The fourth-order valence-electron chi connectivity index (χ4n) is 2.10. The number of nitrogens with two attached hydrogens (primary N) is 1. The summed E-state index contributed by atoms with van der Waals surface area (Å²) in [4.78, 5) is 13.8. The number of halogens is 4. The number of alkyl halides is 3. The third-order valence-corrected chi connectivity index (χ3v) is 4.59. The molecule has 0 radical (unpaired) electrons. The van der Waals surface area contributed by atoms with E-state index in [1.54, 1.807) is 0 Å². The maximum atomic E-state index is 14.6. The van der Waals surface area contributed by atoms with Gasteiger partial charge in [-0.05, 0) is 35.6 Å². The summed E-state index contributed by atoms with van der Waals surface area (Å²) in [6.45, 7) is 1.07. The molecule has 2 N–H and O–H groups in total. The van der Waals surface area contributed by atoms with Gasteiger partial charge in [0.1, 0.15) is 12.0 Å². The standard InChI is InChI=1S/C12H11F3IN3O3/c1-5(13)9-10(15)12(16,18-11(17)22-9)7-4-6(19(20)21)2-3-8(7)14/h2-5,9-10H,1H3,(H2,17,18)/t5-,9+,10-,12+/m0/s1. The topological polar surface area (TPSA) is 90.8 Å². The highest BCUT2D eigenvalue weighted by atomic mass is 127. The number of amidine groups is 1. The van der Waals surface area contributed by atoms with Gasteiger partial charge in [-0.3, -0.25) is 10.1 Å². The van der Waals surface area contributed by atoms with Gasteiger partial charge in [-0.2, -0.15) is 0 Å². The smallest absolute Gasteiger partial charge is 0.284 e. The number of non-ortho nitro benzene ring substituents is 1. The zero-order valence-corrected chi connectivity index (χ0v) is 13.3. The highest BCUT2D eigenvalue weighted by molar-refractivity contribution is 14.1. The normalized spacial score (nSPS) is 29.4. The van der Waals surface area contributed by atoms with Crippen molar-refractivity contribution in [2.24, 2.45) is 10.7 Å². The Morgan fingerprint density at radius 3 is 2.77 bits per heavy atom. The first-order valence-corrected chi connectivity index (χ1v) is 7.18. The summed E-state index contributed by atoms with van der Waals surface area (Å²) in [7, 11) is 0. The lowest BCUT2D eigenvalue weighted by molar-refractivity contribution is -0.385. The minimum Gasteiger partial charge on any atom is -0.456 e. The van der Waals surface area contributed by atoms with Crippen LogP contribution >= 0.6 is 22.6 Å². The van der Waals surface area contributed by atoms with E-state index in [0.717, 1.165) is 25.1 Å². The van der Waals surface area contributed by atoms with Crippen LogP contribution in [0.1, 0.15) is 12.5 Å². The van der Waals surface area contributed by atoms with Crippen LogP contribution in [0.3, 0.4) is 0 Å². The van der Waals surface area contributed by atoms with Crippen LogP contribution in [0.25, 0.3) is 0 Å². The van der Waals surface area contributed by atoms with Crippen molar-refractivity contribution in [1.29, 1.82) is 0 Å². The van der Waals surface area contributed by atoms with E-state index in [0.29, 0.717) is 0 Å². The number of hydrogen-bond acceptors (Lipinski definition) is 5. The van der Waals surface area contributed by atoms with Crippen LogP contribution in [-0.2, 0) is 8.28 Å². The molecule has 22 heavy (non-hydrogen) atoms. The zero-order chi connectivity index (χ0) is 16.7. The molecule has 1 aromatic rings. The zero-order valence-electron chi connectivity index (χ0n) is 11.2. The second-order valence-corrected chi connectivity index (χ2v) is 6.35. The van der Waals surface area contributed by atoms with Crippen molar-refractivity contribution in [3.63, 3.8) is 0 Å². The Hall–Kier alpha value is -1.59. The predicted octanol–water partition coefficient (Wildman–Crippen LogP) is 2.73. The van der Waals surface area contributed by atoms with Gasteiger partial charge in [0.15, 0.2) is 15.8 Å². The Labute approximate surface area is 136 Å². The van der Waals surface area contributed by atoms with E-state index in [1.807, 2.05) is 0 Å². The molecule has 0 saturated heterocycles. The van der Waals surface area contributed by atoms with E-state index in [2.05, 4.69) is 4.99 Å². The average Bonchev–Trinajstić information content (AvgIpc) is 2.42. The first-order chi connectivity index (χ1) is 10.2. The molecule has 2 rings (SSSR count). The van der Waals surface area contributed by atoms with E-state index in [9.17, 15) is 23.3 Å². The number of nitro benzene ring substituents is 1. The fourth-order valence-corrected chi connectivity index (χ4v) is 3.10. The molecule has 120 valence electrons. The van der Waals surface area contributed by atoms with E-state index in [-0.39, 0.29) is 0 Å². The van der Waals surface area contributed by atoms with E-state index in [4.69, 9.17) is 10.5 Å². The first kappa shape index (κ1) is 16.8. The van der Waals surface area contributed by atoms with Gasteiger partial charge in [-0.15, -0.1) is 0 Å². The predicted molar refractivity (Wildman–Crippen MR) is 80.7 cm³/mol. The highest BCUT2D eigenvalue weighted by Crippen LogP contribution is 2.45. The van der Waals surface area contributed by atoms with Crippen molar-refractivity contribution in [2.75, 3.05) is 0 Å². The molecule has 0 aromatic heterocycles. The second kappa shape index (κ2) is 5.89. The Morgan fingerprint density at radius 1 is 1.59 bits per heavy atom. The molecule has 1 aromatic carbocycles. The van der Waals surface area contributed by atoms with Crippen molar-refractivity contribution in [3.05, 3.63) is 39.7 Å². The molecule has 0 unspecified atom stereocenters. The summed E-state index contributed by atoms with van der Waals surface area (Å²) in [5.74, 6) is -0.911. The lowest BCUT2D eigenvalue weighted by Gasteiger charge is -2.37. The van der Waals surface area contributed by atoms with Crippen LogP contribution in [0.2, 0.25) is 0 Å². The lowest BCUT2D eigenvalue weighted by atomic mass is 9.95. The number of nitro groups is 1. The molecule has 1 aliphatic rings. The van der Waals surface area contributed by atoms with Crippen LogP contribution < -0.4 is 5.73 Å². The Morgan fingerprint density at radius 2 is 2.23 bits per heavy atom. The van der Waals surface area contributed by atoms with Gasteiger partial charge in [0, 0.05) is 17.7 Å². The molecule has 0 aliphatic carbocycles. The molecular weight excluding hydrogens is 418 g/mol. The van der Waals surface area contributed by atoms with Crippen LogP contribution in [0.15, 0.2) is 23.2 Å². The van der Waals surface area contributed by atoms with Crippen LogP contribution in [0, 0.1) is 15.9 Å². The molecule has 0 amide bonds. The van der Waals surface area contributed by atoms with Gasteiger partial charge < -0.3 is 10.5 Å². The molecule has 0 fully saturated rings. The summed E-state index contributed by atoms with van der Waals surface area (Å²) in [5, 5.41) is 10.8. The van der Waals surface area contributed by atoms with Crippen molar-refractivity contribution >= 4 is 34.3 Å². The van der Waals surface area contributed by atoms with Crippen LogP contribution in [0.5, 0.6) is 0 Å².